The Kier molecular flexibility index (Phi) is 5.26. The quantitative estimate of drug-likeness (QED) is 0.384. The second kappa shape index (κ2) is 8.16. The fourth-order valence-electron chi connectivity index (χ4n) is 3.24. The summed E-state index contributed by atoms with van der Waals surface area (Å²) in [5, 5.41) is 6.25. The Morgan fingerprint density at radius 1 is 1.17 bits per heavy atom. The maximum atomic E-state index is 13.0. The summed E-state index contributed by atoms with van der Waals surface area (Å²) in [5.41, 5.74) is 2.76. The summed E-state index contributed by atoms with van der Waals surface area (Å²) in [6.45, 7) is 6.30. The van der Waals surface area contributed by atoms with Gasteiger partial charge < -0.3 is 10.6 Å². The van der Waals surface area contributed by atoms with Crippen molar-refractivity contribution in [1.82, 2.24) is 19.7 Å². The van der Waals surface area contributed by atoms with Crippen LogP contribution in [0.15, 0.2) is 72.2 Å². The number of carbonyl (C=O) groups excluding carboxylic acids is 1. The first-order chi connectivity index (χ1) is 14.6. The number of hydrogen-bond acceptors (Lipinski definition) is 5. The van der Waals surface area contributed by atoms with Crippen LogP contribution in [-0.4, -0.2) is 26.8 Å². The van der Waals surface area contributed by atoms with Crippen LogP contribution in [0.2, 0.25) is 0 Å². The molecule has 7 nitrogen and oxygen atoms in total. The van der Waals surface area contributed by atoms with Crippen LogP contribution in [0.4, 0.5) is 5.82 Å². The molecule has 1 amide bonds. The van der Waals surface area contributed by atoms with Gasteiger partial charge in [0.15, 0.2) is 5.65 Å². The Bertz CT molecular complexity index is 1310. The number of hydrogen-bond donors (Lipinski definition) is 2. The van der Waals surface area contributed by atoms with Crippen molar-refractivity contribution < 1.29 is 4.79 Å². The zero-order valence-corrected chi connectivity index (χ0v) is 16.6. The number of nitrogens with zero attached hydrogens (tertiary/aromatic N) is 3. The summed E-state index contributed by atoms with van der Waals surface area (Å²) >= 11 is 0. The maximum Gasteiger partial charge on any atom is 0.267 e. The van der Waals surface area contributed by atoms with Crippen LogP contribution in [-0.2, 0) is 6.54 Å². The molecule has 0 bridgehead atoms. The van der Waals surface area contributed by atoms with Gasteiger partial charge >= 0.3 is 0 Å². The first kappa shape index (κ1) is 19.3. The highest BCUT2D eigenvalue weighted by Crippen LogP contribution is 2.20. The van der Waals surface area contributed by atoms with Crippen molar-refractivity contribution in [3.8, 4) is 0 Å². The van der Waals surface area contributed by atoms with E-state index in [1.165, 1.54) is 4.40 Å². The Labute approximate surface area is 173 Å². The van der Waals surface area contributed by atoms with Crippen molar-refractivity contribution in [3.63, 3.8) is 0 Å². The van der Waals surface area contributed by atoms with Gasteiger partial charge in [0.05, 0.1) is 10.9 Å². The van der Waals surface area contributed by atoms with Crippen LogP contribution in [0.3, 0.4) is 0 Å². The fraction of sp³-hybridized carbons (Fsp3) is 0.130. The first-order valence-corrected chi connectivity index (χ1v) is 9.58. The zero-order chi connectivity index (χ0) is 21.1. The van der Waals surface area contributed by atoms with E-state index in [-0.39, 0.29) is 22.4 Å². The van der Waals surface area contributed by atoms with Crippen molar-refractivity contribution in [2.45, 2.75) is 13.5 Å². The van der Waals surface area contributed by atoms with Gasteiger partial charge in [0.2, 0.25) is 0 Å². The second-order valence-electron chi connectivity index (χ2n) is 6.90. The van der Waals surface area contributed by atoms with Crippen molar-refractivity contribution in [1.29, 1.82) is 0 Å². The third-order valence-corrected chi connectivity index (χ3v) is 4.78. The molecule has 0 saturated carbocycles. The molecule has 0 saturated heterocycles. The number of pyridine rings is 2. The standard InChI is InChI=1S/C23H21N5O2/c1-3-11-24-22(29)17-13-18-20(26-19(17)25-14-16-9-5-4-6-10-16)27-21-15(2)8-7-12-28(21)23(18)30/h3-10,12-13H,1,11,14H2,2H3,(H,24,29)(H,25,26). The lowest BCUT2D eigenvalue weighted by molar-refractivity contribution is 0.0958. The second-order valence-corrected chi connectivity index (χ2v) is 6.90. The van der Waals surface area contributed by atoms with E-state index in [4.69, 9.17) is 0 Å². The average molecular weight is 399 g/mol. The van der Waals surface area contributed by atoms with Crippen LogP contribution in [0.5, 0.6) is 0 Å². The number of aryl methyl sites for hydroxylation is 1. The van der Waals surface area contributed by atoms with E-state index in [0.717, 1.165) is 11.1 Å². The van der Waals surface area contributed by atoms with Crippen LogP contribution in [0.25, 0.3) is 16.7 Å². The molecule has 7 heteroatoms. The summed E-state index contributed by atoms with van der Waals surface area (Å²) in [7, 11) is 0. The van der Waals surface area contributed by atoms with Crippen molar-refractivity contribution in [2.24, 2.45) is 0 Å². The minimum absolute atomic E-state index is 0.265. The van der Waals surface area contributed by atoms with Gasteiger partial charge in [-0.3, -0.25) is 14.0 Å². The first-order valence-electron chi connectivity index (χ1n) is 9.58. The van der Waals surface area contributed by atoms with Crippen LogP contribution in [0, 0.1) is 6.92 Å². The molecule has 0 aliphatic heterocycles. The third-order valence-electron chi connectivity index (χ3n) is 4.78. The lowest BCUT2D eigenvalue weighted by Crippen LogP contribution is -2.26. The van der Waals surface area contributed by atoms with Gasteiger partial charge in [-0.1, -0.05) is 42.5 Å². The minimum atomic E-state index is -0.339. The molecule has 1 aromatic carbocycles. The summed E-state index contributed by atoms with van der Waals surface area (Å²) in [6, 6.07) is 15.0. The van der Waals surface area contributed by atoms with Crippen LogP contribution >= 0.6 is 0 Å². The molecule has 30 heavy (non-hydrogen) atoms. The SMILES string of the molecule is C=CCNC(=O)c1cc2c(=O)n3cccc(C)c3nc2nc1NCc1ccccc1. The number of anilines is 1. The summed E-state index contributed by atoms with van der Waals surface area (Å²) in [6.07, 6.45) is 3.26. The number of rotatable bonds is 6. The molecule has 4 aromatic rings. The minimum Gasteiger partial charge on any atom is -0.365 e. The molecule has 3 aromatic heterocycles. The highest BCUT2D eigenvalue weighted by molar-refractivity contribution is 6.02. The number of amides is 1. The largest absolute Gasteiger partial charge is 0.365 e. The van der Waals surface area contributed by atoms with Gasteiger partial charge in [-0.15, -0.1) is 6.58 Å². The molecule has 0 unspecified atom stereocenters. The topological polar surface area (TPSA) is 88.4 Å². The molecular formula is C23H21N5O2. The molecule has 0 fully saturated rings. The number of carbonyl (C=O) groups is 1. The Morgan fingerprint density at radius 2 is 1.97 bits per heavy atom. The average Bonchev–Trinajstić information content (AvgIpc) is 2.77. The number of aromatic nitrogens is 3. The Hall–Kier alpha value is -4.00. The van der Waals surface area contributed by atoms with Crippen molar-refractivity contribution in [2.75, 3.05) is 11.9 Å². The molecule has 0 radical (unpaired) electrons. The number of nitrogens with one attached hydrogen (secondary N) is 2. The monoisotopic (exact) mass is 399 g/mol. The third kappa shape index (κ3) is 3.65. The molecule has 0 aliphatic carbocycles. The van der Waals surface area contributed by atoms with Gasteiger partial charge in [0.1, 0.15) is 11.5 Å². The molecule has 0 aliphatic rings. The van der Waals surface area contributed by atoms with Gasteiger partial charge in [0, 0.05) is 19.3 Å². The number of fused-ring (bicyclic) bond motifs is 2. The van der Waals surface area contributed by atoms with E-state index in [9.17, 15) is 9.59 Å². The van der Waals surface area contributed by atoms with E-state index in [1.54, 1.807) is 24.4 Å². The smallest absolute Gasteiger partial charge is 0.267 e. The van der Waals surface area contributed by atoms with Crippen LogP contribution < -0.4 is 16.2 Å². The Morgan fingerprint density at radius 3 is 2.73 bits per heavy atom. The van der Waals surface area contributed by atoms with E-state index in [1.807, 2.05) is 43.3 Å². The molecule has 0 atom stereocenters. The number of benzene rings is 1. The summed E-state index contributed by atoms with van der Waals surface area (Å²) in [4.78, 5) is 34.9. The molecule has 3 heterocycles. The normalized spacial score (nSPS) is 10.8. The van der Waals surface area contributed by atoms with E-state index in [0.29, 0.717) is 30.2 Å². The lowest BCUT2D eigenvalue weighted by atomic mass is 10.1. The van der Waals surface area contributed by atoms with Gasteiger partial charge in [-0.2, -0.15) is 0 Å². The molecule has 0 spiro atoms. The summed E-state index contributed by atoms with van der Waals surface area (Å²) < 4.78 is 1.47. The van der Waals surface area contributed by atoms with E-state index >= 15 is 0 Å². The predicted molar refractivity (Wildman–Crippen MR) is 118 cm³/mol. The fourth-order valence-corrected chi connectivity index (χ4v) is 3.24. The Balaban J connectivity index is 1.86. The maximum absolute atomic E-state index is 13.0. The van der Waals surface area contributed by atoms with Gasteiger partial charge in [-0.25, -0.2) is 9.97 Å². The van der Waals surface area contributed by atoms with Crippen LogP contribution in [0.1, 0.15) is 21.5 Å². The lowest BCUT2D eigenvalue weighted by Gasteiger charge is -2.13. The van der Waals surface area contributed by atoms with Crippen molar-refractivity contribution in [3.05, 3.63) is 94.4 Å². The van der Waals surface area contributed by atoms with E-state index in [2.05, 4.69) is 27.2 Å². The molecular weight excluding hydrogens is 378 g/mol. The molecule has 4 rings (SSSR count). The summed E-state index contributed by atoms with van der Waals surface area (Å²) in [5.74, 6) is 0.0337. The van der Waals surface area contributed by atoms with Crippen molar-refractivity contribution >= 4 is 28.4 Å². The highest BCUT2D eigenvalue weighted by atomic mass is 16.1. The van der Waals surface area contributed by atoms with Gasteiger partial charge in [-0.05, 0) is 30.2 Å². The molecule has 150 valence electrons. The molecule has 2 N–H and O–H groups in total. The zero-order valence-electron chi connectivity index (χ0n) is 16.6. The predicted octanol–water partition coefficient (Wildman–Crippen LogP) is 3.08. The van der Waals surface area contributed by atoms with E-state index < -0.39 is 0 Å². The highest BCUT2D eigenvalue weighted by Gasteiger charge is 2.17. The van der Waals surface area contributed by atoms with Gasteiger partial charge in [0.25, 0.3) is 11.5 Å².